The number of nitrogens with zero attached hydrogens (tertiary/aromatic N) is 5. The highest BCUT2D eigenvalue weighted by Crippen LogP contribution is 2.23. The van der Waals surface area contributed by atoms with Crippen molar-refractivity contribution in [2.75, 3.05) is 49.1 Å². The van der Waals surface area contributed by atoms with E-state index in [1.165, 1.54) is 17.1 Å². The molecular formula is C20H25F2N5O2S. The lowest BCUT2D eigenvalue weighted by atomic mass is 10.2. The Kier molecular flexibility index (Phi) is 6.14. The lowest BCUT2D eigenvalue weighted by Crippen LogP contribution is -2.49. The van der Waals surface area contributed by atoms with Crippen molar-refractivity contribution >= 4 is 21.7 Å². The molecule has 2 aromatic rings. The molecule has 0 N–H and O–H groups in total. The minimum atomic E-state index is -3.95. The smallest absolute Gasteiger partial charge is 0.243 e. The molecule has 2 aliphatic heterocycles. The number of hydrogen-bond donors (Lipinski definition) is 0. The Bertz CT molecular complexity index is 951. The maximum Gasteiger partial charge on any atom is 0.243 e. The van der Waals surface area contributed by atoms with Gasteiger partial charge in [0.25, 0.3) is 0 Å². The van der Waals surface area contributed by atoms with Gasteiger partial charge in [0.1, 0.15) is 11.6 Å². The van der Waals surface area contributed by atoms with Gasteiger partial charge in [-0.25, -0.2) is 17.2 Å². The van der Waals surface area contributed by atoms with E-state index in [2.05, 4.69) is 15.1 Å². The van der Waals surface area contributed by atoms with Crippen molar-refractivity contribution in [3.05, 3.63) is 42.0 Å². The zero-order valence-corrected chi connectivity index (χ0v) is 17.5. The Labute approximate surface area is 175 Å². The van der Waals surface area contributed by atoms with Crippen LogP contribution in [0.4, 0.5) is 20.4 Å². The first-order valence-corrected chi connectivity index (χ1v) is 11.7. The average molecular weight is 438 g/mol. The zero-order chi connectivity index (χ0) is 21.1. The van der Waals surface area contributed by atoms with Gasteiger partial charge in [-0.2, -0.15) is 4.31 Å². The zero-order valence-electron chi connectivity index (χ0n) is 16.7. The van der Waals surface area contributed by atoms with Gasteiger partial charge in [-0.3, -0.25) is 0 Å². The Hall–Kier alpha value is -2.33. The van der Waals surface area contributed by atoms with Crippen LogP contribution in [0.2, 0.25) is 0 Å². The molecule has 0 radical (unpaired) electrons. The summed E-state index contributed by atoms with van der Waals surface area (Å²) in [5.74, 6) is -0.253. The number of anilines is 2. The Balaban J connectivity index is 1.40. The molecule has 10 heteroatoms. The quantitative estimate of drug-likeness (QED) is 0.733. The number of halogens is 2. The second-order valence-electron chi connectivity index (χ2n) is 7.65. The van der Waals surface area contributed by atoms with Crippen molar-refractivity contribution in [3.63, 3.8) is 0 Å². The summed E-state index contributed by atoms with van der Waals surface area (Å²) in [5.41, 5.74) is 0. The first kappa shape index (κ1) is 20.9. The van der Waals surface area contributed by atoms with Crippen LogP contribution >= 0.6 is 0 Å². The highest BCUT2D eigenvalue weighted by atomic mass is 32.2. The lowest BCUT2D eigenvalue weighted by Gasteiger charge is -2.34. The molecule has 0 spiro atoms. The largest absolute Gasteiger partial charge is 0.355 e. The van der Waals surface area contributed by atoms with E-state index in [0.717, 1.165) is 43.9 Å². The van der Waals surface area contributed by atoms with Crippen LogP contribution < -0.4 is 9.80 Å². The topological polar surface area (TPSA) is 69.6 Å². The summed E-state index contributed by atoms with van der Waals surface area (Å²) in [6.45, 7) is 3.24. The Morgan fingerprint density at radius 3 is 1.70 bits per heavy atom. The summed E-state index contributed by atoms with van der Waals surface area (Å²) in [4.78, 5) is 3.86. The third kappa shape index (κ3) is 4.54. The van der Waals surface area contributed by atoms with Crippen molar-refractivity contribution in [2.24, 2.45) is 0 Å². The molecule has 0 aliphatic carbocycles. The van der Waals surface area contributed by atoms with Gasteiger partial charge in [-0.15, -0.1) is 10.2 Å². The number of aromatic nitrogens is 2. The number of rotatable bonds is 4. The first-order chi connectivity index (χ1) is 14.4. The summed E-state index contributed by atoms with van der Waals surface area (Å²) >= 11 is 0. The van der Waals surface area contributed by atoms with Crippen LogP contribution in [0.25, 0.3) is 0 Å². The molecule has 162 valence electrons. The lowest BCUT2D eigenvalue weighted by molar-refractivity contribution is 0.383. The maximum atomic E-state index is 13.4. The molecule has 0 unspecified atom stereocenters. The summed E-state index contributed by atoms with van der Waals surface area (Å²) in [5, 5.41) is 8.72. The molecule has 7 nitrogen and oxygen atoms in total. The van der Waals surface area contributed by atoms with Gasteiger partial charge in [-0.1, -0.05) is 12.8 Å². The first-order valence-electron chi connectivity index (χ1n) is 10.2. The Morgan fingerprint density at radius 2 is 1.20 bits per heavy atom. The number of sulfonamides is 1. The Morgan fingerprint density at radius 1 is 0.700 bits per heavy atom. The van der Waals surface area contributed by atoms with E-state index in [1.54, 1.807) is 0 Å². The average Bonchev–Trinajstić information content (AvgIpc) is 3.03. The van der Waals surface area contributed by atoms with Crippen molar-refractivity contribution in [1.82, 2.24) is 14.5 Å². The third-order valence-electron chi connectivity index (χ3n) is 5.60. The molecule has 0 atom stereocenters. The van der Waals surface area contributed by atoms with Crippen LogP contribution in [0.5, 0.6) is 0 Å². The fraction of sp³-hybridized carbons (Fsp3) is 0.500. The second-order valence-corrected chi connectivity index (χ2v) is 9.59. The monoisotopic (exact) mass is 437 g/mol. The van der Waals surface area contributed by atoms with Gasteiger partial charge in [0, 0.05) is 45.3 Å². The molecule has 4 rings (SSSR count). The summed E-state index contributed by atoms with van der Waals surface area (Å²) in [7, 11) is -3.95. The number of benzene rings is 1. The van der Waals surface area contributed by atoms with E-state index in [9.17, 15) is 17.2 Å². The van der Waals surface area contributed by atoms with Crippen LogP contribution in [0, 0.1) is 11.6 Å². The van der Waals surface area contributed by atoms with Crippen molar-refractivity contribution < 1.29 is 17.2 Å². The van der Waals surface area contributed by atoms with Crippen molar-refractivity contribution in [1.29, 1.82) is 0 Å². The molecular weight excluding hydrogens is 412 g/mol. The van der Waals surface area contributed by atoms with Crippen molar-refractivity contribution in [3.8, 4) is 0 Å². The minimum Gasteiger partial charge on any atom is -0.355 e. The van der Waals surface area contributed by atoms with E-state index < -0.39 is 21.7 Å². The molecule has 3 heterocycles. The molecule has 0 amide bonds. The highest BCUT2D eigenvalue weighted by Gasteiger charge is 2.30. The number of hydrogen-bond acceptors (Lipinski definition) is 6. The van der Waals surface area contributed by atoms with E-state index in [1.807, 2.05) is 17.0 Å². The van der Waals surface area contributed by atoms with Gasteiger partial charge < -0.3 is 9.80 Å². The molecule has 2 aliphatic rings. The van der Waals surface area contributed by atoms with Gasteiger partial charge >= 0.3 is 0 Å². The van der Waals surface area contributed by atoms with Crippen molar-refractivity contribution in [2.45, 2.75) is 30.6 Å². The highest BCUT2D eigenvalue weighted by molar-refractivity contribution is 7.89. The predicted molar refractivity (Wildman–Crippen MR) is 110 cm³/mol. The molecule has 1 aromatic heterocycles. The third-order valence-corrected chi connectivity index (χ3v) is 7.48. The summed E-state index contributed by atoms with van der Waals surface area (Å²) in [6, 6.07) is 6.23. The molecule has 2 fully saturated rings. The standard InChI is InChI=1S/C20H25F2N5O2S/c21-16-13-17(22)15-18(14-16)30(28,29)27-11-9-26(10-12-27)20-6-5-19(23-24-20)25-7-3-1-2-4-8-25/h5-6,13-15H,1-4,7-12H2. The minimum absolute atomic E-state index is 0.204. The summed E-state index contributed by atoms with van der Waals surface area (Å²) < 4.78 is 53.6. The summed E-state index contributed by atoms with van der Waals surface area (Å²) in [6.07, 6.45) is 4.82. The van der Waals surface area contributed by atoms with E-state index in [0.29, 0.717) is 25.0 Å². The second kappa shape index (κ2) is 8.81. The van der Waals surface area contributed by atoms with Crippen LogP contribution in [0.1, 0.15) is 25.7 Å². The van der Waals surface area contributed by atoms with Crippen LogP contribution in [-0.2, 0) is 10.0 Å². The number of piperazine rings is 1. The van der Waals surface area contributed by atoms with Gasteiger partial charge in [0.15, 0.2) is 11.6 Å². The maximum absolute atomic E-state index is 13.4. The van der Waals surface area contributed by atoms with Crippen LogP contribution in [-0.4, -0.2) is 62.2 Å². The SMILES string of the molecule is O=S(=O)(c1cc(F)cc(F)c1)N1CCN(c2ccc(N3CCCCCC3)nn2)CC1. The normalized spacial score (nSPS) is 19.0. The van der Waals surface area contributed by atoms with E-state index in [4.69, 9.17) is 0 Å². The molecule has 1 aromatic carbocycles. The van der Waals surface area contributed by atoms with Gasteiger partial charge in [0.05, 0.1) is 4.90 Å². The van der Waals surface area contributed by atoms with E-state index >= 15 is 0 Å². The predicted octanol–water partition coefficient (Wildman–Crippen LogP) is 2.65. The van der Waals surface area contributed by atoms with E-state index in [-0.39, 0.29) is 18.0 Å². The fourth-order valence-electron chi connectivity index (χ4n) is 3.94. The molecule has 30 heavy (non-hydrogen) atoms. The van der Waals surface area contributed by atoms with Crippen LogP contribution in [0.15, 0.2) is 35.2 Å². The fourth-order valence-corrected chi connectivity index (χ4v) is 5.40. The van der Waals surface area contributed by atoms with Gasteiger partial charge in [0.2, 0.25) is 10.0 Å². The van der Waals surface area contributed by atoms with Gasteiger partial charge in [-0.05, 0) is 37.1 Å². The molecule has 0 saturated carbocycles. The molecule has 2 saturated heterocycles. The van der Waals surface area contributed by atoms with Crippen LogP contribution in [0.3, 0.4) is 0 Å². The molecule has 0 bridgehead atoms.